The topological polar surface area (TPSA) is 59.8 Å². The van der Waals surface area contributed by atoms with Crippen molar-refractivity contribution in [3.8, 4) is 0 Å². The van der Waals surface area contributed by atoms with Gasteiger partial charge in [-0.25, -0.2) is 0 Å². The molecule has 5 nitrogen and oxygen atoms in total. The maximum absolute atomic E-state index is 12.7. The van der Waals surface area contributed by atoms with Crippen LogP contribution in [-0.2, 0) is 24.2 Å². The molecule has 0 unspecified atom stereocenters. The van der Waals surface area contributed by atoms with Gasteiger partial charge in [-0.05, 0) is 28.7 Å². The smallest absolute Gasteiger partial charge is 0.225 e. The fraction of sp³-hybridized carbons (Fsp3) is 0.381. The van der Waals surface area contributed by atoms with Gasteiger partial charge >= 0.3 is 0 Å². The molecule has 0 fully saturated rings. The number of rotatable bonds is 5. The van der Waals surface area contributed by atoms with Crippen molar-refractivity contribution in [1.29, 1.82) is 0 Å². The summed E-state index contributed by atoms with van der Waals surface area (Å²) in [6.07, 6.45) is 2.45. The number of nitrogens with zero attached hydrogens (tertiary/aromatic N) is 3. The number of hydrogen-bond donors (Lipinski definition) is 1. The Morgan fingerprint density at radius 3 is 2.77 bits per heavy atom. The molecule has 1 aliphatic heterocycles. The van der Waals surface area contributed by atoms with E-state index in [1.165, 1.54) is 5.39 Å². The molecule has 0 saturated heterocycles. The predicted octanol–water partition coefficient (Wildman–Crippen LogP) is 3.43. The Kier molecular flexibility index (Phi) is 4.45. The first kappa shape index (κ1) is 16.8. The van der Waals surface area contributed by atoms with E-state index >= 15 is 0 Å². The molecule has 0 aliphatic carbocycles. The molecule has 5 heteroatoms. The molecule has 1 amide bonds. The highest BCUT2D eigenvalue weighted by Gasteiger charge is 2.27. The number of carbonyl (C=O) groups excluding carboxylic acids is 1. The molecule has 1 aromatic heterocycles. The fourth-order valence-electron chi connectivity index (χ4n) is 3.69. The Hall–Kier alpha value is -2.69. The number of benzene rings is 2. The largest absolute Gasteiger partial charge is 0.346 e. The highest BCUT2D eigenvalue weighted by atomic mass is 16.1. The van der Waals surface area contributed by atoms with Gasteiger partial charge in [-0.15, -0.1) is 10.2 Å². The van der Waals surface area contributed by atoms with Crippen LogP contribution in [0.5, 0.6) is 0 Å². The molecule has 4 rings (SSSR count). The van der Waals surface area contributed by atoms with Crippen molar-refractivity contribution in [3.63, 3.8) is 0 Å². The summed E-state index contributed by atoms with van der Waals surface area (Å²) in [5, 5.41) is 14.2. The molecule has 0 saturated carbocycles. The Morgan fingerprint density at radius 1 is 1.15 bits per heavy atom. The number of nitrogens with one attached hydrogen (secondary N) is 1. The molecule has 0 bridgehead atoms. The van der Waals surface area contributed by atoms with Crippen LogP contribution in [0.2, 0.25) is 0 Å². The van der Waals surface area contributed by atoms with Gasteiger partial charge in [-0.2, -0.15) is 0 Å². The fourth-order valence-corrected chi connectivity index (χ4v) is 3.69. The van der Waals surface area contributed by atoms with Crippen LogP contribution >= 0.6 is 0 Å². The lowest BCUT2D eigenvalue weighted by Gasteiger charge is -2.22. The molecule has 2 heterocycles. The predicted molar refractivity (Wildman–Crippen MR) is 102 cm³/mol. The Bertz CT molecular complexity index is 944. The Labute approximate surface area is 153 Å². The summed E-state index contributed by atoms with van der Waals surface area (Å²) in [5.74, 6) is 2.20. The average molecular weight is 348 g/mol. The minimum absolute atomic E-state index is 0.0225. The summed E-state index contributed by atoms with van der Waals surface area (Å²) < 4.78 is 2.17. The van der Waals surface area contributed by atoms with E-state index in [0.717, 1.165) is 42.0 Å². The van der Waals surface area contributed by atoms with Gasteiger partial charge in [0.1, 0.15) is 5.82 Å². The zero-order valence-corrected chi connectivity index (χ0v) is 15.3. The second-order valence-electron chi connectivity index (χ2n) is 7.38. The quantitative estimate of drug-likeness (QED) is 0.768. The molecule has 1 atom stereocenters. The number of aryl methyl sites for hydroxylation is 1. The molecule has 0 spiro atoms. The van der Waals surface area contributed by atoms with Gasteiger partial charge in [0.25, 0.3) is 0 Å². The lowest BCUT2D eigenvalue weighted by Crippen LogP contribution is -2.34. The third-order valence-corrected chi connectivity index (χ3v) is 5.08. The first-order chi connectivity index (χ1) is 12.6. The van der Waals surface area contributed by atoms with E-state index in [9.17, 15) is 4.79 Å². The van der Waals surface area contributed by atoms with Crippen molar-refractivity contribution in [1.82, 2.24) is 20.1 Å². The van der Waals surface area contributed by atoms with Crippen LogP contribution in [0.15, 0.2) is 42.5 Å². The molecule has 1 N–H and O–H groups in total. The summed E-state index contributed by atoms with van der Waals surface area (Å²) >= 11 is 0. The second-order valence-corrected chi connectivity index (χ2v) is 7.38. The molecule has 3 aromatic rings. The van der Waals surface area contributed by atoms with Crippen LogP contribution in [0.1, 0.15) is 43.5 Å². The van der Waals surface area contributed by atoms with Crippen LogP contribution in [0, 0.1) is 5.92 Å². The highest BCUT2D eigenvalue weighted by molar-refractivity contribution is 5.85. The lowest BCUT2D eigenvalue weighted by atomic mass is 10.0. The number of fused-ring (bicyclic) bond motifs is 2. The van der Waals surface area contributed by atoms with Gasteiger partial charge in [0.15, 0.2) is 5.82 Å². The van der Waals surface area contributed by atoms with Crippen molar-refractivity contribution in [2.75, 3.05) is 0 Å². The van der Waals surface area contributed by atoms with Crippen molar-refractivity contribution in [2.45, 2.75) is 45.7 Å². The van der Waals surface area contributed by atoms with E-state index < -0.39 is 0 Å². The monoisotopic (exact) mass is 348 g/mol. The normalized spacial score (nSPS) is 14.6. The molecular weight excluding hydrogens is 324 g/mol. The summed E-state index contributed by atoms with van der Waals surface area (Å²) in [6.45, 7) is 5.16. The van der Waals surface area contributed by atoms with Crippen molar-refractivity contribution >= 4 is 16.7 Å². The maximum atomic E-state index is 12.7. The second kappa shape index (κ2) is 6.90. The summed E-state index contributed by atoms with van der Waals surface area (Å²) in [6, 6.07) is 14.3. The maximum Gasteiger partial charge on any atom is 0.225 e. The van der Waals surface area contributed by atoms with Crippen molar-refractivity contribution in [2.24, 2.45) is 5.92 Å². The van der Waals surface area contributed by atoms with E-state index in [2.05, 4.69) is 58.2 Å². The molecule has 134 valence electrons. The van der Waals surface area contributed by atoms with E-state index in [1.807, 2.05) is 18.2 Å². The number of carbonyl (C=O) groups is 1. The SMILES string of the molecule is CC(C)[C@H](NC(=O)Cc1ccc2ccccc2c1)c1nnc2n1CCC2. The Morgan fingerprint density at radius 2 is 1.96 bits per heavy atom. The third kappa shape index (κ3) is 3.21. The number of hydrogen-bond acceptors (Lipinski definition) is 3. The highest BCUT2D eigenvalue weighted by Crippen LogP contribution is 2.25. The van der Waals surface area contributed by atoms with E-state index in [1.54, 1.807) is 0 Å². The number of aromatic nitrogens is 3. The average Bonchev–Trinajstić information content (AvgIpc) is 3.23. The van der Waals surface area contributed by atoms with Crippen LogP contribution < -0.4 is 5.32 Å². The van der Waals surface area contributed by atoms with E-state index in [4.69, 9.17) is 0 Å². The van der Waals surface area contributed by atoms with E-state index in [-0.39, 0.29) is 17.9 Å². The summed E-state index contributed by atoms with van der Waals surface area (Å²) in [4.78, 5) is 12.7. The first-order valence-corrected chi connectivity index (χ1v) is 9.31. The van der Waals surface area contributed by atoms with Gasteiger partial charge in [0.2, 0.25) is 5.91 Å². The van der Waals surface area contributed by atoms with Gasteiger partial charge in [-0.3, -0.25) is 4.79 Å². The Balaban J connectivity index is 1.51. The third-order valence-electron chi connectivity index (χ3n) is 5.08. The first-order valence-electron chi connectivity index (χ1n) is 9.31. The van der Waals surface area contributed by atoms with Gasteiger partial charge in [0, 0.05) is 13.0 Å². The molecule has 26 heavy (non-hydrogen) atoms. The lowest BCUT2D eigenvalue weighted by molar-refractivity contribution is -0.121. The van der Waals surface area contributed by atoms with Gasteiger partial charge in [0.05, 0.1) is 12.5 Å². The van der Waals surface area contributed by atoms with Crippen LogP contribution in [0.4, 0.5) is 0 Å². The summed E-state index contributed by atoms with van der Waals surface area (Å²) in [7, 11) is 0. The van der Waals surface area contributed by atoms with Gasteiger partial charge < -0.3 is 9.88 Å². The van der Waals surface area contributed by atoms with Crippen LogP contribution in [0.25, 0.3) is 10.8 Å². The summed E-state index contributed by atoms with van der Waals surface area (Å²) in [5.41, 5.74) is 1.02. The minimum atomic E-state index is -0.109. The zero-order chi connectivity index (χ0) is 18.1. The molecule has 2 aromatic carbocycles. The van der Waals surface area contributed by atoms with Crippen molar-refractivity contribution < 1.29 is 4.79 Å². The minimum Gasteiger partial charge on any atom is -0.346 e. The standard InChI is InChI=1S/C21H24N4O/c1-14(2)20(21-24-23-18-8-5-11-25(18)21)22-19(26)13-15-9-10-16-6-3-4-7-17(16)12-15/h3-4,6-7,9-10,12,14,20H,5,8,11,13H2,1-2H3,(H,22,26)/t20-/m0/s1. The van der Waals surface area contributed by atoms with Crippen molar-refractivity contribution in [3.05, 3.63) is 59.7 Å². The molecule has 1 aliphatic rings. The van der Waals surface area contributed by atoms with Crippen LogP contribution in [0.3, 0.4) is 0 Å². The molecular formula is C21H24N4O. The zero-order valence-electron chi connectivity index (χ0n) is 15.3. The van der Waals surface area contributed by atoms with E-state index in [0.29, 0.717) is 6.42 Å². The van der Waals surface area contributed by atoms with Crippen LogP contribution in [-0.4, -0.2) is 20.7 Å². The number of amides is 1. The van der Waals surface area contributed by atoms with Gasteiger partial charge in [-0.1, -0.05) is 56.3 Å². The molecule has 0 radical (unpaired) electrons.